The summed E-state index contributed by atoms with van der Waals surface area (Å²) in [6.07, 6.45) is 2.70. The Bertz CT molecular complexity index is 926. The van der Waals surface area contributed by atoms with E-state index >= 15 is 0 Å². The van der Waals surface area contributed by atoms with Crippen LogP contribution >= 0.6 is 0 Å². The molecule has 1 aromatic carbocycles. The Balaban J connectivity index is 1.83. The van der Waals surface area contributed by atoms with Crippen LogP contribution in [0.4, 0.5) is 0 Å². The zero-order valence-electron chi connectivity index (χ0n) is 24.6. The Kier molecular flexibility index (Phi) is 8.13. The first kappa shape index (κ1) is 29.4. The van der Waals surface area contributed by atoms with E-state index in [0.717, 1.165) is 31.2 Å². The first-order valence-corrected chi connectivity index (χ1v) is 13.6. The number of phenolic OH excluding ortho intramolecular Hbond substituents is 1. The summed E-state index contributed by atoms with van der Waals surface area (Å²) in [5, 5.41) is 9.70. The molecule has 0 spiro atoms. The van der Waals surface area contributed by atoms with Gasteiger partial charge in [0.1, 0.15) is 18.0 Å². The van der Waals surface area contributed by atoms with Gasteiger partial charge in [-0.1, -0.05) is 12.1 Å². The van der Waals surface area contributed by atoms with Crippen LogP contribution in [-0.2, 0) is 25.5 Å². The fraction of sp³-hybridized carbons (Fsp3) is 0.733. The summed E-state index contributed by atoms with van der Waals surface area (Å²) in [5.41, 5.74) is -0.0283. The Morgan fingerprint density at radius 1 is 0.811 bits per heavy atom. The number of rotatable bonds is 6. The van der Waals surface area contributed by atoms with Crippen molar-refractivity contribution in [3.8, 4) is 5.75 Å². The molecule has 7 heteroatoms. The molecule has 0 amide bonds. The third-order valence-electron chi connectivity index (χ3n) is 9.62. The Morgan fingerprint density at radius 2 is 1.19 bits per heavy atom. The van der Waals surface area contributed by atoms with Gasteiger partial charge in [0, 0.05) is 11.1 Å². The molecule has 2 unspecified atom stereocenters. The van der Waals surface area contributed by atoms with Gasteiger partial charge in [0.25, 0.3) is 0 Å². The zero-order valence-corrected chi connectivity index (χ0v) is 24.6. The van der Waals surface area contributed by atoms with Gasteiger partial charge in [-0.15, -0.1) is 0 Å². The molecule has 0 saturated carbocycles. The van der Waals surface area contributed by atoms with Crippen LogP contribution in [0.3, 0.4) is 0 Å². The molecule has 0 aromatic heterocycles. The molecule has 2 aliphatic rings. The van der Waals surface area contributed by atoms with Crippen LogP contribution in [0.15, 0.2) is 24.3 Å². The van der Waals surface area contributed by atoms with Crippen molar-refractivity contribution in [1.82, 2.24) is 9.80 Å². The molecule has 2 aliphatic heterocycles. The van der Waals surface area contributed by atoms with Gasteiger partial charge >= 0.3 is 11.9 Å². The Morgan fingerprint density at radius 3 is 1.57 bits per heavy atom. The Hall–Kier alpha value is -2.12. The maximum absolute atomic E-state index is 13.6. The molecule has 7 nitrogen and oxygen atoms in total. The minimum absolute atomic E-state index is 0.0108. The predicted molar refractivity (Wildman–Crippen MR) is 145 cm³/mol. The maximum Gasteiger partial charge on any atom is 0.321 e. The average molecular weight is 517 g/mol. The molecule has 37 heavy (non-hydrogen) atoms. The lowest BCUT2D eigenvalue weighted by Crippen LogP contribution is -2.64. The first-order valence-electron chi connectivity index (χ1n) is 13.6. The largest absolute Gasteiger partial charge is 0.508 e. The lowest BCUT2D eigenvalue weighted by Gasteiger charge is -2.54. The second-order valence-electron chi connectivity index (χ2n) is 13.4. The molecule has 0 aliphatic carbocycles. The number of carbonyl (C=O) groups excluding carboxylic acids is 2. The monoisotopic (exact) mass is 516 g/mol. The number of carbonyl (C=O) groups is 2. The molecule has 0 bridgehead atoms. The fourth-order valence-electron chi connectivity index (χ4n) is 5.98. The van der Waals surface area contributed by atoms with Crippen molar-refractivity contribution >= 4 is 11.9 Å². The van der Waals surface area contributed by atoms with E-state index in [1.807, 2.05) is 0 Å². The number of hydrogen-bond donors (Lipinski definition) is 1. The van der Waals surface area contributed by atoms with Gasteiger partial charge in [0.05, 0.1) is 11.1 Å². The normalized spacial score (nSPS) is 27.7. The minimum atomic E-state index is -1.09. The third kappa shape index (κ3) is 5.98. The number of phenols is 1. The second kappa shape index (κ2) is 10.2. The van der Waals surface area contributed by atoms with E-state index in [-0.39, 0.29) is 46.5 Å². The summed E-state index contributed by atoms with van der Waals surface area (Å²) in [5.74, 6) is -2.05. The number of nitrogens with zero attached hydrogens (tertiary/aromatic N) is 2. The van der Waals surface area contributed by atoms with Crippen molar-refractivity contribution < 1.29 is 24.2 Å². The van der Waals surface area contributed by atoms with E-state index in [2.05, 4.69) is 79.3 Å². The number of ether oxygens (including phenoxy) is 2. The molecule has 1 N–H and O–H groups in total. The molecular formula is C30H48N2O5. The summed E-state index contributed by atoms with van der Waals surface area (Å²) < 4.78 is 12.2. The SMILES string of the molecule is CN1C(C)(C)CCC(OC(=O)C(Cc2ccc(O)cc2)C(=O)OC2CCC(C)(C)N(C)C2(C)C)C1(C)C. The number of aromatic hydroxyl groups is 1. The van der Waals surface area contributed by atoms with Crippen LogP contribution in [-0.4, -0.2) is 75.3 Å². The molecule has 1 aromatic rings. The van der Waals surface area contributed by atoms with Gasteiger partial charge in [0.2, 0.25) is 0 Å². The van der Waals surface area contributed by atoms with Crippen LogP contribution in [0.5, 0.6) is 5.75 Å². The van der Waals surface area contributed by atoms with E-state index in [1.54, 1.807) is 24.3 Å². The molecule has 2 heterocycles. The number of likely N-dealkylation sites (tertiary alicyclic amines) is 2. The molecule has 2 fully saturated rings. The molecule has 2 atom stereocenters. The maximum atomic E-state index is 13.6. The van der Waals surface area contributed by atoms with E-state index in [4.69, 9.17) is 9.47 Å². The highest BCUT2D eigenvalue weighted by atomic mass is 16.6. The molecule has 3 rings (SSSR count). The van der Waals surface area contributed by atoms with Crippen molar-refractivity contribution in [3.05, 3.63) is 29.8 Å². The number of hydrogen-bond acceptors (Lipinski definition) is 7. The number of likely N-dealkylation sites (N-methyl/N-ethyl adjacent to an activating group) is 2. The summed E-state index contributed by atoms with van der Waals surface area (Å²) in [6.45, 7) is 17.1. The van der Waals surface area contributed by atoms with E-state index in [0.29, 0.717) is 0 Å². The van der Waals surface area contributed by atoms with Gasteiger partial charge in [0.15, 0.2) is 5.92 Å². The predicted octanol–water partition coefficient (Wildman–Crippen LogP) is 4.94. The fourth-order valence-corrected chi connectivity index (χ4v) is 5.98. The van der Waals surface area contributed by atoms with Crippen molar-refractivity contribution in [2.75, 3.05) is 14.1 Å². The number of piperidine rings is 2. The lowest BCUT2D eigenvalue weighted by molar-refractivity contribution is -0.185. The van der Waals surface area contributed by atoms with E-state index in [9.17, 15) is 14.7 Å². The highest BCUT2D eigenvalue weighted by molar-refractivity contribution is 5.95. The molecule has 2 saturated heterocycles. The second-order valence-corrected chi connectivity index (χ2v) is 13.4. The van der Waals surface area contributed by atoms with Gasteiger partial charge in [-0.3, -0.25) is 19.4 Å². The minimum Gasteiger partial charge on any atom is -0.508 e. The Labute approximate surface area is 223 Å². The summed E-state index contributed by atoms with van der Waals surface area (Å²) in [7, 11) is 4.12. The quantitative estimate of drug-likeness (QED) is 0.424. The smallest absolute Gasteiger partial charge is 0.321 e. The molecule has 208 valence electrons. The van der Waals surface area contributed by atoms with Gasteiger partial charge in [-0.2, -0.15) is 0 Å². The van der Waals surface area contributed by atoms with Crippen molar-refractivity contribution in [3.63, 3.8) is 0 Å². The average Bonchev–Trinajstić information content (AvgIpc) is 2.80. The lowest BCUT2D eigenvalue weighted by atomic mass is 9.78. The summed E-state index contributed by atoms with van der Waals surface area (Å²) in [4.78, 5) is 31.8. The number of benzene rings is 1. The highest BCUT2D eigenvalue weighted by Crippen LogP contribution is 2.40. The van der Waals surface area contributed by atoms with E-state index in [1.165, 1.54) is 0 Å². The zero-order chi connectivity index (χ0) is 28.0. The van der Waals surface area contributed by atoms with Crippen LogP contribution < -0.4 is 0 Å². The third-order valence-corrected chi connectivity index (χ3v) is 9.62. The van der Waals surface area contributed by atoms with E-state index < -0.39 is 17.9 Å². The van der Waals surface area contributed by atoms with Crippen LogP contribution in [0.1, 0.15) is 86.6 Å². The summed E-state index contributed by atoms with van der Waals surface area (Å²) in [6, 6.07) is 6.58. The van der Waals surface area contributed by atoms with Crippen molar-refractivity contribution in [1.29, 1.82) is 0 Å². The standard InChI is InChI=1S/C30H48N2O5/c1-27(2)17-15-23(29(5,6)31(27)9)36-25(34)22(19-20-11-13-21(33)14-12-20)26(35)37-24-16-18-28(3,4)32(10)30(24,7)8/h11-14,22-24,33H,15-19H2,1-10H3. The van der Waals surface area contributed by atoms with Crippen LogP contribution in [0.25, 0.3) is 0 Å². The van der Waals surface area contributed by atoms with Crippen LogP contribution in [0.2, 0.25) is 0 Å². The number of esters is 2. The summed E-state index contributed by atoms with van der Waals surface area (Å²) >= 11 is 0. The van der Waals surface area contributed by atoms with Gasteiger partial charge < -0.3 is 14.6 Å². The topological polar surface area (TPSA) is 79.3 Å². The first-order chi connectivity index (χ1) is 16.9. The van der Waals surface area contributed by atoms with Gasteiger partial charge in [-0.05, 0) is 119 Å². The highest BCUT2D eigenvalue weighted by Gasteiger charge is 2.50. The molecular weight excluding hydrogens is 468 g/mol. The van der Waals surface area contributed by atoms with Crippen LogP contribution in [0, 0.1) is 5.92 Å². The molecule has 0 radical (unpaired) electrons. The van der Waals surface area contributed by atoms with Crippen molar-refractivity contribution in [2.45, 2.75) is 122 Å². The van der Waals surface area contributed by atoms with Crippen molar-refractivity contribution in [2.24, 2.45) is 5.92 Å². The van der Waals surface area contributed by atoms with Gasteiger partial charge in [-0.25, -0.2) is 0 Å².